The largest absolute Gasteiger partial charge is 0.435 e. The van der Waals surface area contributed by atoms with E-state index in [0.29, 0.717) is 18.5 Å². The van der Waals surface area contributed by atoms with Crippen molar-refractivity contribution in [3.8, 4) is 0 Å². The lowest BCUT2D eigenvalue weighted by atomic mass is 10.1. The summed E-state index contributed by atoms with van der Waals surface area (Å²) < 4.78 is 40.3. The van der Waals surface area contributed by atoms with E-state index in [1.165, 1.54) is 24.3 Å². The van der Waals surface area contributed by atoms with Crippen LogP contribution in [0.3, 0.4) is 0 Å². The minimum absolute atomic E-state index is 0.00788. The molecule has 0 radical (unpaired) electrons. The van der Waals surface area contributed by atoms with Crippen LogP contribution in [0, 0.1) is 6.92 Å². The Morgan fingerprint density at radius 3 is 2.44 bits per heavy atom. The van der Waals surface area contributed by atoms with E-state index in [0.717, 1.165) is 24.6 Å². The fourth-order valence-corrected chi connectivity index (χ4v) is 3.47. The molecular weight excluding hydrogens is 355 g/mol. The van der Waals surface area contributed by atoms with Crippen molar-refractivity contribution in [2.45, 2.75) is 38.8 Å². The van der Waals surface area contributed by atoms with Gasteiger partial charge in [0.1, 0.15) is 5.82 Å². The van der Waals surface area contributed by atoms with Crippen LogP contribution in [0.1, 0.15) is 35.6 Å². The molecule has 142 valence electrons. The molecule has 1 saturated heterocycles. The van der Waals surface area contributed by atoms with Gasteiger partial charge in [-0.25, -0.2) is 14.5 Å². The molecule has 3 aromatic heterocycles. The van der Waals surface area contributed by atoms with Crippen LogP contribution in [0.2, 0.25) is 0 Å². The Kier molecular flexibility index (Phi) is 4.49. The molecule has 0 spiro atoms. The van der Waals surface area contributed by atoms with Crippen LogP contribution in [0.4, 0.5) is 19.0 Å². The lowest BCUT2D eigenvalue weighted by Crippen LogP contribution is -2.19. The smallest absolute Gasteiger partial charge is 0.357 e. The molecule has 27 heavy (non-hydrogen) atoms. The second kappa shape index (κ2) is 6.83. The van der Waals surface area contributed by atoms with E-state index < -0.39 is 11.9 Å². The molecule has 0 aromatic carbocycles. The SMILES string of the molecule is Cc1c(C(F)(F)F)nc2ccc(CCc3cccc(N4CCCC4)n3)nn12. The Labute approximate surface area is 154 Å². The molecule has 0 unspecified atom stereocenters. The van der Waals surface area contributed by atoms with Gasteiger partial charge in [-0.2, -0.15) is 18.3 Å². The number of anilines is 1. The predicted molar refractivity (Wildman–Crippen MR) is 95.8 cm³/mol. The fourth-order valence-electron chi connectivity index (χ4n) is 3.47. The van der Waals surface area contributed by atoms with Crippen LogP contribution in [0.15, 0.2) is 30.3 Å². The first-order valence-corrected chi connectivity index (χ1v) is 9.05. The van der Waals surface area contributed by atoms with E-state index in [1.807, 2.05) is 18.2 Å². The highest BCUT2D eigenvalue weighted by Gasteiger charge is 2.36. The third kappa shape index (κ3) is 3.61. The average Bonchev–Trinajstić information content (AvgIpc) is 3.28. The normalized spacial score (nSPS) is 15.0. The highest BCUT2D eigenvalue weighted by Crippen LogP contribution is 2.31. The Morgan fingerprint density at radius 1 is 0.963 bits per heavy atom. The monoisotopic (exact) mass is 375 g/mol. The van der Waals surface area contributed by atoms with E-state index >= 15 is 0 Å². The number of nitrogens with zero attached hydrogens (tertiary/aromatic N) is 5. The molecule has 0 amide bonds. The zero-order valence-corrected chi connectivity index (χ0v) is 15.0. The number of pyridine rings is 1. The molecule has 1 fully saturated rings. The summed E-state index contributed by atoms with van der Waals surface area (Å²) in [5.41, 5.74) is 1.00. The number of hydrogen-bond acceptors (Lipinski definition) is 4. The summed E-state index contributed by atoms with van der Waals surface area (Å²) in [5, 5.41) is 4.34. The molecule has 0 atom stereocenters. The summed E-state index contributed by atoms with van der Waals surface area (Å²) in [6.45, 7) is 3.47. The van der Waals surface area contributed by atoms with E-state index in [-0.39, 0.29) is 11.3 Å². The highest BCUT2D eigenvalue weighted by molar-refractivity contribution is 5.43. The minimum Gasteiger partial charge on any atom is -0.357 e. The van der Waals surface area contributed by atoms with Gasteiger partial charge in [0.15, 0.2) is 11.3 Å². The van der Waals surface area contributed by atoms with Crippen molar-refractivity contribution >= 4 is 11.5 Å². The molecule has 1 aliphatic heterocycles. The second-order valence-electron chi connectivity index (χ2n) is 6.82. The predicted octanol–water partition coefficient (Wildman–Crippen LogP) is 3.84. The molecule has 0 saturated carbocycles. The summed E-state index contributed by atoms with van der Waals surface area (Å²) in [6.07, 6.45) is -0.802. The van der Waals surface area contributed by atoms with Gasteiger partial charge in [-0.1, -0.05) is 6.07 Å². The van der Waals surface area contributed by atoms with Crippen LogP contribution in [0.25, 0.3) is 5.65 Å². The van der Waals surface area contributed by atoms with E-state index in [4.69, 9.17) is 4.98 Å². The van der Waals surface area contributed by atoms with Gasteiger partial charge in [0, 0.05) is 18.8 Å². The van der Waals surface area contributed by atoms with E-state index in [9.17, 15) is 13.2 Å². The molecular formula is C19H20F3N5. The summed E-state index contributed by atoms with van der Waals surface area (Å²) >= 11 is 0. The lowest BCUT2D eigenvalue weighted by Gasteiger charge is -2.16. The number of aromatic nitrogens is 4. The van der Waals surface area contributed by atoms with Crippen molar-refractivity contribution in [1.82, 2.24) is 19.6 Å². The number of fused-ring (bicyclic) bond motifs is 1. The first-order chi connectivity index (χ1) is 12.9. The molecule has 1 aliphatic rings. The van der Waals surface area contributed by atoms with Gasteiger partial charge < -0.3 is 4.90 Å². The minimum atomic E-state index is -4.47. The number of hydrogen-bond donors (Lipinski definition) is 0. The molecule has 4 heterocycles. The van der Waals surface area contributed by atoms with Crippen LogP contribution in [-0.4, -0.2) is 32.7 Å². The molecule has 3 aromatic rings. The number of halogens is 3. The first-order valence-electron chi connectivity index (χ1n) is 9.05. The average molecular weight is 375 g/mol. The van der Waals surface area contributed by atoms with Crippen LogP contribution < -0.4 is 4.90 Å². The van der Waals surface area contributed by atoms with Gasteiger partial charge in [0.2, 0.25) is 0 Å². The lowest BCUT2D eigenvalue weighted by molar-refractivity contribution is -0.141. The Bertz CT molecular complexity index is 958. The zero-order valence-electron chi connectivity index (χ0n) is 15.0. The molecule has 0 N–H and O–H groups in total. The molecule has 0 bridgehead atoms. The summed E-state index contributed by atoms with van der Waals surface area (Å²) in [5.74, 6) is 0.994. The standard InChI is InChI=1S/C19H20F3N5/c1-13-18(19(20,21)22)24-17-10-9-15(25-27(13)17)8-7-14-5-4-6-16(23-14)26-11-2-3-12-26/h4-6,9-10H,2-3,7-8,11-12H2,1H3. The Balaban J connectivity index is 1.52. The summed E-state index contributed by atoms with van der Waals surface area (Å²) in [6, 6.07) is 9.31. The zero-order chi connectivity index (χ0) is 19.0. The number of aryl methyl sites for hydroxylation is 3. The van der Waals surface area contributed by atoms with Crippen molar-refractivity contribution in [2.75, 3.05) is 18.0 Å². The van der Waals surface area contributed by atoms with E-state index in [2.05, 4.69) is 15.0 Å². The van der Waals surface area contributed by atoms with Crippen molar-refractivity contribution in [3.05, 3.63) is 53.1 Å². The van der Waals surface area contributed by atoms with Gasteiger partial charge in [-0.15, -0.1) is 0 Å². The van der Waals surface area contributed by atoms with Crippen molar-refractivity contribution < 1.29 is 13.2 Å². The van der Waals surface area contributed by atoms with Crippen molar-refractivity contribution in [3.63, 3.8) is 0 Å². The Morgan fingerprint density at radius 2 is 1.70 bits per heavy atom. The second-order valence-corrected chi connectivity index (χ2v) is 6.82. The number of imidazole rings is 1. The first kappa shape index (κ1) is 17.8. The molecule has 0 aliphatic carbocycles. The fraction of sp³-hybridized carbons (Fsp3) is 0.421. The third-order valence-corrected chi connectivity index (χ3v) is 4.88. The van der Waals surface area contributed by atoms with Crippen LogP contribution in [0.5, 0.6) is 0 Å². The molecule has 4 rings (SSSR count). The van der Waals surface area contributed by atoms with Gasteiger partial charge in [-0.05, 0) is 56.9 Å². The maximum Gasteiger partial charge on any atom is 0.435 e. The highest BCUT2D eigenvalue weighted by atomic mass is 19.4. The van der Waals surface area contributed by atoms with Gasteiger partial charge in [0.25, 0.3) is 0 Å². The van der Waals surface area contributed by atoms with Gasteiger partial charge >= 0.3 is 6.18 Å². The summed E-state index contributed by atoms with van der Waals surface area (Å²) in [7, 11) is 0. The van der Waals surface area contributed by atoms with E-state index in [1.54, 1.807) is 12.1 Å². The third-order valence-electron chi connectivity index (χ3n) is 4.88. The maximum absolute atomic E-state index is 13.0. The molecule has 8 heteroatoms. The van der Waals surface area contributed by atoms with Gasteiger partial charge in [-0.3, -0.25) is 0 Å². The number of rotatable bonds is 4. The van der Waals surface area contributed by atoms with Crippen LogP contribution >= 0.6 is 0 Å². The topological polar surface area (TPSA) is 46.3 Å². The summed E-state index contributed by atoms with van der Waals surface area (Å²) in [4.78, 5) is 10.7. The van der Waals surface area contributed by atoms with Gasteiger partial charge in [0.05, 0.1) is 11.4 Å². The quantitative estimate of drug-likeness (QED) is 0.695. The van der Waals surface area contributed by atoms with Crippen LogP contribution in [-0.2, 0) is 19.0 Å². The van der Waals surface area contributed by atoms with Crippen molar-refractivity contribution in [2.24, 2.45) is 0 Å². The molecule has 5 nitrogen and oxygen atoms in total. The number of alkyl halides is 3. The maximum atomic E-state index is 13.0. The Hall–Kier alpha value is -2.64. The van der Waals surface area contributed by atoms with Crippen molar-refractivity contribution in [1.29, 1.82) is 0 Å².